The molecule has 0 aliphatic heterocycles. The minimum Gasteiger partial charge on any atom is -0.506 e. The zero-order chi connectivity index (χ0) is 14.9. The number of aromatic hydroxyl groups is 2. The van der Waals surface area contributed by atoms with Crippen LogP contribution in [0.2, 0.25) is 15.1 Å². The van der Waals surface area contributed by atoms with Crippen molar-refractivity contribution in [2.75, 3.05) is 5.32 Å². The second-order valence-electron chi connectivity index (χ2n) is 3.90. The van der Waals surface area contributed by atoms with Crippen LogP contribution in [0, 0.1) is 0 Å². The van der Waals surface area contributed by atoms with Crippen LogP contribution in [0.15, 0.2) is 30.3 Å². The molecule has 0 aliphatic carbocycles. The molecule has 2 rings (SSSR count). The second-order valence-corrected chi connectivity index (χ2v) is 5.56. The maximum absolute atomic E-state index is 9.88. The van der Waals surface area contributed by atoms with Gasteiger partial charge in [0.05, 0.1) is 15.6 Å². The Labute approximate surface area is 135 Å². The summed E-state index contributed by atoms with van der Waals surface area (Å²) >= 11 is 22.6. The minimum atomic E-state index is -0.160. The van der Waals surface area contributed by atoms with E-state index in [0.717, 1.165) is 0 Å². The molecule has 0 amide bonds. The third-order valence-corrected chi connectivity index (χ3v) is 3.62. The highest BCUT2D eigenvalue weighted by Crippen LogP contribution is 2.32. The fraction of sp³-hybridized carbons (Fsp3) is 0. The average Bonchev–Trinajstić information content (AvgIpc) is 2.38. The van der Waals surface area contributed by atoms with Crippen molar-refractivity contribution in [3.05, 3.63) is 51.0 Å². The van der Waals surface area contributed by atoms with Gasteiger partial charge in [-0.3, -0.25) is 0 Å². The quantitative estimate of drug-likeness (QED) is 0.679. The van der Waals surface area contributed by atoms with Crippen LogP contribution in [-0.4, -0.2) is 15.2 Å². The lowest BCUT2D eigenvalue weighted by atomic mass is 10.2. The van der Waals surface area contributed by atoms with Crippen LogP contribution in [0.25, 0.3) is 0 Å². The standard InChI is InChI=1S/C13H8Cl3NO2S/c14-6-3-8(12(19)10(16)4-6)13(20)17-7-1-2-9(15)11(18)5-7/h1-5,18-19H,(H,17,20). The number of hydrogen-bond donors (Lipinski definition) is 3. The zero-order valence-electron chi connectivity index (χ0n) is 9.82. The summed E-state index contributed by atoms with van der Waals surface area (Å²) in [7, 11) is 0. The third kappa shape index (κ3) is 3.27. The van der Waals surface area contributed by atoms with Crippen molar-refractivity contribution in [2.24, 2.45) is 0 Å². The van der Waals surface area contributed by atoms with Gasteiger partial charge in [-0.25, -0.2) is 0 Å². The highest BCUT2D eigenvalue weighted by Gasteiger charge is 2.13. The molecule has 0 atom stereocenters. The Balaban J connectivity index is 2.30. The van der Waals surface area contributed by atoms with Crippen molar-refractivity contribution in [3.63, 3.8) is 0 Å². The molecule has 0 aromatic heterocycles. The SMILES string of the molecule is Oc1cc(NC(=S)c2cc(Cl)cc(Cl)c2O)ccc1Cl. The van der Waals surface area contributed by atoms with Crippen molar-refractivity contribution in [1.82, 2.24) is 0 Å². The Morgan fingerprint density at radius 2 is 1.70 bits per heavy atom. The third-order valence-electron chi connectivity index (χ3n) is 2.48. The summed E-state index contributed by atoms with van der Waals surface area (Å²) in [6.45, 7) is 0. The smallest absolute Gasteiger partial charge is 0.144 e. The van der Waals surface area contributed by atoms with E-state index >= 15 is 0 Å². The number of halogens is 3. The lowest BCUT2D eigenvalue weighted by Gasteiger charge is -2.11. The van der Waals surface area contributed by atoms with Crippen LogP contribution in [-0.2, 0) is 0 Å². The number of nitrogens with one attached hydrogen (secondary N) is 1. The minimum absolute atomic E-state index is 0.0761. The van der Waals surface area contributed by atoms with E-state index in [9.17, 15) is 10.2 Å². The predicted octanol–water partition coefficient (Wildman–Crippen LogP) is 4.85. The van der Waals surface area contributed by atoms with Crippen LogP contribution in [0.5, 0.6) is 11.5 Å². The molecule has 0 bridgehead atoms. The first kappa shape index (κ1) is 15.2. The topological polar surface area (TPSA) is 52.5 Å². The van der Waals surface area contributed by atoms with Crippen molar-refractivity contribution in [3.8, 4) is 11.5 Å². The van der Waals surface area contributed by atoms with Gasteiger partial charge >= 0.3 is 0 Å². The van der Waals surface area contributed by atoms with Gasteiger partial charge < -0.3 is 15.5 Å². The van der Waals surface area contributed by atoms with E-state index in [-0.39, 0.29) is 26.5 Å². The Kier molecular flexibility index (Phi) is 4.60. The fourth-order valence-corrected chi connectivity index (χ4v) is 2.41. The maximum Gasteiger partial charge on any atom is 0.144 e. The first-order valence-electron chi connectivity index (χ1n) is 5.36. The van der Waals surface area contributed by atoms with Crippen LogP contribution >= 0.6 is 47.0 Å². The molecule has 0 radical (unpaired) electrons. The number of hydrogen-bond acceptors (Lipinski definition) is 3. The molecule has 2 aromatic carbocycles. The molecular weight excluding hydrogens is 341 g/mol. The van der Waals surface area contributed by atoms with E-state index in [1.807, 2.05) is 0 Å². The number of phenols is 2. The molecule has 0 aliphatic rings. The van der Waals surface area contributed by atoms with Gasteiger partial charge in [-0.2, -0.15) is 0 Å². The van der Waals surface area contributed by atoms with E-state index in [4.69, 9.17) is 47.0 Å². The second kappa shape index (κ2) is 6.06. The van der Waals surface area contributed by atoms with Gasteiger partial charge in [0.2, 0.25) is 0 Å². The van der Waals surface area contributed by atoms with Gasteiger partial charge in [-0.15, -0.1) is 0 Å². The Morgan fingerprint density at radius 1 is 1.00 bits per heavy atom. The van der Waals surface area contributed by atoms with Crippen LogP contribution in [0.1, 0.15) is 5.56 Å². The molecular formula is C13H8Cl3NO2S. The molecule has 0 unspecified atom stereocenters. The summed E-state index contributed by atoms with van der Waals surface area (Å²) < 4.78 is 0. The number of benzene rings is 2. The zero-order valence-corrected chi connectivity index (χ0v) is 12.9. The van der Waals surface area contributed by atoms with E-state index in [1.165, 1.54) is 24.3 Å². The van der Waals surface area contributed by atoms with Crippen LogP contribution in [0.3, 0.4) is 0 Å². The lowest BCUT2D eigenvalue weighted by molar-refractivity contribution is 0.474. The predicted molar refractivity (Wildman–Crippen MR) is 86.6 cm³/mol. The van der Waals surface area contributed by atoms with E-state index < -0.39 is 0 Å². The van der Waals surface area contributed by atoms with Gasteiger partial charge in [0, 0.05) is 16.8 Å². The van der Waals surface area contributed by atoms with Gasteiger partial charge in [0.25, 0.3) is 0 Å². The van der Waals surface area contributed by atoms with E-state index in [0.29, 0.717) is 16.3 Å². The number of anilines is 1. The number of rotatable bonds is 2. The normalized spacial score (nSPS) is 10.3. The Bertz CT molecular complexity index is 692. The summed E-state index contributed by atoms with van der Waals surface area (Å²) in [5.74, 6) is -0.237. The molecule has 7 heteroatoms. The summed E-state index contributed by atoms with van der Waals surface area (Å²) in [6.07, 6.45) is 0. The summed E-state index contributed by atoms with van der Waals surface area (Å²) in [5.41, 5.74) is 0.819. The molecule has 2 aromatic rings. The van der Waals surface area contributed by atoms with E-state index in [2.05, 4.69) is 5.32 Å². The van der Waals surface area contributed by atoms with Crippen molar-refractivity contribution in [2.45, 2.75) is 0 Å². The lowest BCUT2D eigenvalue weighted by Crippen LogP contribution is -2.10. The van der Waals surface area contributed by atoms with Gasteiger partial charge in [-0.1, -0.05) is 47.0 Å². The molecule has 20 heavy (non-hydrogen) atoms. The Morgan fingerprint density at radius 3 is 2.35 bits per heavy atom. The highest BCUT2D eigenvalue weighted by molar-refractivity contribution is 7.81. The molecule has 0 heterocycles. The maximum atomic E-state index is 9.88. The molecule has 0 saturated carbocycles. The van der Waals surface area contributed by atoms with Crippen molar-refractivity contribution in [1.29, 1.82) is 0 Å². The van der Waals surface area contributed by atoms with Crippen LogP contribution < -0.4 is 5.32 Å². The Hall–Kier alpha value is -1.20. The highest BCUT2D eigenvalue weighted by atomic mass is 35.5. The first-order chi connectivity index (χ1) is 9.38. The molecule has 3 N–H and O–H groups in total. The molecule has 0 fully saturated rings. The summed E-state index contributed by atoms with van der Waals surface area (Å²) in [4.78, 5) is 0.216. The summed E-state index contributed by atoms with van der Waals surface area (Å²) in [5, 5.41) is 22.9. The van der Waals surface area contributed by atoms with Crippen LogP contribution in [0.4, 0.5) is 5.69 Å². The molecule has 0 spiro atoms. The van der Waals surface area contributed by atoms with E-state index in [1.54, 1.807) is 6.07 Å². The monoisotopic (exact) mass is 347 g/mol. The van der Waals surface area contributed by atoms with Crippen molar-refractivity contribution >= 4 is 57.7 Å². The molecule has 3 nitrogen and oxygen atoms in total. The van der Waals surface area contributed by atoms with Gasteiger partial charge in [0.15, 0.2) is 0 Å². The summed E-state index contributed by atoms with van der Waals surface area (Å²) in [6, 6.07) is 7.48. The average molecular weight is 349 g/mol. The first-order valence-corrected chi connectivity index (χ1v) is 6.90. The molecule has 104 valence electrons. The van der Waals surface area contributed by atoms with Gasteiger partial charge in [0.1, 0.15) is 16.5 Å². The van der Waals surface area contributed by atoms with Crippen molar-refractivity contribution < 1.29 is 10.2 Å². The number of thiocarbonyl (C=S) groups is 1. The number of phenolic OH excluding ortho intramolecular Hbond substituents is 2. The van der Waals surface area contributed by atoms with Gasteiger partial charge in [-0.05, 0) is 24.3 Å². The molecule has 0 saturated heterocycles. The largest absolute Gasteiger partial charge is 0.506 e. The fourth-order valence-electron chi connectivity index (χ4n) is 1.53.